The summed E-state index contributed by atoms with van der Waals surface area (Å²) < 4.78 is 0. The van der Waals surface area contributed by atoms with E-state index < -0.39 is 0 Å². The molecule has 1 heteroatoms. The molecule has 0 aliphatic heterocycles. The van der Waals surface area contributed by atoms with Crippen LogP contribution >= 0.6 is 8.58 Å². The van der Waals surface area contributed by atoms with Gasteiger partial charge in [0.15, 0.2) is 0 Å². The lowest BCUT2D eigenvalue weighted by Gasteiger charge is -2.13. The van der Waals surface area contributed by atoms with Crippen LogP contribution in [-0.4, -0.2) is 11.8 Å². The van der Waals surface area contributed by atoms with E-state index in [4.69, 9.17) is 0 Å². The van der Waals surface area contributed by atoms with Crippen LogP contribution in [0.2, 0.25) is 0 Å². The van der Waals surface area contributed by atoms with Crippen LogP contribution in [0.4, 0.5) is 0 Å². The molecular formula is C11H25P. The third-order valence-corrected chi connectivity index (χ3v) is 4.52. The zero-order valence-electron chi connectivity index (χ0n) is 9.19. The Hall–Kier alpha value is 0.430. The average molecular weight is 188 g/mol. The lowest BCUT2D eigenvalue weighted by molar-refractivity contribution is 0.555. The maximum atomic E-state index is 2.41. The van der Waals surface area contributed by atoms with Crippen LogP contribution in [0, 0.1) is 5.92 Å². The number of hydrogen-bond acceptors (Lipinski definition) is 0. The Labute approximate surface area is 80.3 Å². The van der Waals surface area contributed by atoms with E-state index in [0.717, 1.165) is 11.6 Å². The van der Waals surface area contributed by atoms with E-state index in [-0.39, 0.29) is 0 Å². The molecule has 74 valence electrons. The summed E-state index contributed by atoms with van der Waals surface area (Å²) in [5.74, 6) is 0.970. The number of unbranched alkanes of at least 4 members (excludes halogenated alkanes) is 1. The van der Waals surface area contributed by atoms with E-state index in [2.05, 4.69) is 27.7 Å². The quantitative estimate of drug-likeness (QED) is 0.523. The van der Waals surface area contributed by atoms with Gasteiger partial charge < -0.3 is 0 Å². The topological polar surface area (TPSA) is 0 Å². The van der Waals surface area contributed by atoms with Crippen LogP contribution in [0.1, 0.15) is 53.4 Å². The normalized spacial score (nSPS) is 17.0. The zero-order chi connectivity index (χ0) is 9.40. The molecule has 0 amide bonds. The zero-order valence-corrected chi connectivity index (χ0v) is 10.2. The van der Waals surface area contributed by atoms with Crippen molar-refractivity contribution in [3.63, 3.8) is 0 Å². The molecule has 0 fully saturated rings. The number of rotatable bonds is 7. The van der Waals surface area contributed by atoms with Crippen LogP contribution in [0.15, 0.2) is 0 Å². The van der Waals surface area contributed by atoms with E-state index in [1.54, 1.807) is 0 Å². The van der Waals surface area contributed by atoms with Gasteiger partial charge in [-0.3, -0.25) is 0 Å². The van der Waals surface area contributed by atoms with Gasteiger partial charge in [-0.2, -0.15) is 0 Å². The van der Waals surface area contributed by atoms with E-state index in [9.17, 15) is 0 Å². The second-order valence-corrected chi connectivity index (χ2v) is 5.77. The maximum absolute atomic E-state index is 2.41. The third-order valence-electron chi connectivity index (χ3n) is 2.48. The summed E-state index contributed by atoms with van der Waals surface area (Å²) in [5.41, 5.74) is 0.967. The summed E-state index contributed by atoms with van der Waals surface area (Å²) in [4.78, 5) is 0. The minimum atomic E-state index is 0.967. The lowest BCUT2D eigenvalue weighted by atomic mass is 10.1. The molecule has 3 unspecified atom stereocenters. The van der Waals surface area contributed by atoms with Gasteiger partial charge in [0.05, 0.1) is 0 Å². The molecule has 0 saturated carbocycles. The van der Waals surface area contributed by atoms with Gasteiger partial charge in [0.1, 0.15) is 0 Å². The highest BCUT2D eigenvalue weighted by Crippen LogP contribution is 2.26. The Morgan fingerprint density at radius 3 is 2.33 bits per heavy atom. The van der Waals surface area contributed by atoms with Crippen molar-refractivity contribution in [2.75, 3.05) is 6.16 Å². The molecule has 0 aromatic carbocycles. The molecule has 0 aromatic heterocycles. The second-order valence-electron chi connectivity index (χ2n) is 3.96. The van der Waals surface area contributed by atoms with Crippen molar-refractivity contribution >= 4 is 8.58 Å². The highest BCUT2D eigenvalue weighted by atomic mass is 31.1. The molecule has 3 atom stereocenters. The number of hydrogen-bond donors (Lipinski definition) is 0. The van der Waals surface area contributed by atoms with Crippen molar-refractivity contribution in [2.24, 2.45) is 5.92 Å². The molecule has 0 bridgehead atoms. The molecule has 0 rings (SSSR count). The van der Waals surface area contributed by atoms with Gasteiger partial charge in [-0.1, -0.05) is 47.0 Å². The Balaban J connectivity index is 3.24. The fourth-order valence-corrected chi connectivity index (χ4v) is 2.50. The molecular weight excluding hydrogens is 163 g/mol. The SMILES string of the molecule is CCCCC(C)CPC(C)CC. The molecule has 0 aliphatic rings. The minimum Gasteiger partial charge on any atom is -0.119 e. The summed E-state index contributed by atoms with van der Waals surface area (Å²) in [6.07, 6.45) is 7.05. The van der Waals surface area contributed by atoms with Crippen molar-refractivity contribution in [1.29, 1.82) is 0 Å². The first kappa shape index (κ1) is 12.4. The summed E-state index contributed by atoms with van der Waals surface area (Å²) in [6.45, 7) is 9.37. The van der Waals surface area contributed by atoms with Gasteiger partial charge >= 0.3 is 0 Å². The van der Waals surface area contributed by atoms with Gasteiger partial charge in [0.25, 0.3) is 0 Å². The Morgan fingerprint density at radius 2 is 1.83 bits per heavy atom. The Kier molecular flexibility index (Phi) is 8.34. The van der Waals surface area contributed by atoms with Gasteiger partial charge in [-0.15, -0.1) is 8.58 Å². The van der Waals surface area contributed by atoms with Gasteiger partial charge in [-0.25, -0.2) is 0 Å². The predicted octanol–water partition coefficient (Wildman–Crippen LogP) is 4.29. The van der Waals surface area contributed by atoms with Gasteiger partial charge in [-0.05, 0) is 24.2 Å². The van der Waals surface area contributed by atoms with Gasteiger partial charge in [0.2, 0.25) is 0 Å². The molecule has 0 saturated heterocycles. The van der Waals surface area contributed by atoms with Crippen LogP contribution < -0.4 is 0 Å². The molecule has 0 aliphatic carbocycles. The first-order chi connectivity index (χ1) is 5.70. The first-order valence-corrected chi connectivity index (χ1v) is 6.72. The van der Waals surface area contributed by atoms with Crippen LogP contribution in [0.3, 0.4) is 0 Å². The molecule has 12 heavy (non-hydrogen) atoms. The molecule has 0 radical (unpaired) electrons. The molecule has 0 heterocycles. The molecule has 0 nitrogen and oxygen atoms in total. The lowest BCUT2D eigenvalue weighted by Crippen LogP contribution is -2.00. The van der Waals surface area contributed by atoms with Crippen molar-refractivity contribution < 1.29 is 0 Å². The summed E-state index contributed by atoms with van der Waals surface area (Å²) in [7, 11) is 1.20. The average Bonchev–Trinajstić information content (AvgIpc) is 2.10. The molecule has 0 spiro atoms. The smallest absolute Gasteiger partial charge is 0.0268 e. The summed E-state index contributed by atoms with van der Waals surface area (Å²) in [6, 6.07) is 0. The predicted molar refractivity (Wildman–Crippen MR) is 61.6 cm³/mol. The molecule has 0 aromatic rings. The van der Waals surface area contributed by atoms with E-state index in [1.807, 2.05) is 0 Å². The third kappa shape index (κ3) is 7.10. The highest BCUT2D eigenvalue weighted by Gasteiger charge is 2.03. The van der Waals surface area contributed by atoms with Gasteiger partial charge in [0, 0.05) is 0 Å². The van der Waals surface area contributed by atoms with E-state index in [1.165, 1.54) is 40.4 Å². The van der Waals surface area contributed by atoms with Crippen LogP contribution in [-0.2, 0) is 0 Å². The van der Waals surface area contributed by atoms with Crippen molar-refractivity contribution in [3.8, 4) is 0 Å². The summed E-state index contributed by atoms with van der Waals surface area (Å²) in [5, 5.41) is 0. The molecule has 0 N–H and O–H groups in total. The highest BCUT2D eigenvalue weighted by molar-refractivity contribution is 7.38. The fourth-order valence-electron chi connectivity index (χ4n) is 1.20. The first-order valence-electron chi connectivity index (χ1n) is 5.44. The van der Waals surface area contributed by atoms with Crippen molar-refractivity contribution in [1.82, 2.24) is 0 Å². The monoisotopic (exact) mass is 188 g/mol. The van der Waals surface area contributed by atoms with Crippen LogP contribution in [0.5, 0.6) is 0 Å². The summed E-state index contributed by atoms with van der Waals surface area (Å²) >= 11 is 0. The Bertz CT molecular complexity index is 91.0. The van der Waals surface area contributed by atoms with Crippen LogP contribution in [0.25, 0.3) is 0 Å². The largest absolute Gasteiger partial charge is 0.119 e. The fraction of sp³-hybridized carbons (Fsp3) is 1.00. The Morgan fingerprint density at radius 1 is 1.17 bits per heavy atom. The van der Waals surface area contributed by atoms with E-state index >= 15 is 0 Å². The maximum Gasteiger partial charge on any atom is -0.0268 e. The minimum absolute atomic E-state index is 0.967. The van der Waals surface area contributed by atoms with Crippen molar-refractivity contribution in [2.45, 2.75) is 59.0 Å². The second kappa shape index (κ2) is 8.05. The van der Waals surface area contributed by atoms with Crippen molar-refractivity contribution in [3.05, 3.63) is 0 Å². The standard InChI is InChI=1S/C11H25P/c1-5-7-8-10(3)9-12-11(4)6-2/h10-12H,5-9H2,1-4H3. The van der Waals surface area contributed by atoms with E-state index in [0.29, 0.717) is 0 Å².